The molecular formula is C31H38N5NaO5S. The fraction of sp³-hybridized carbons (Fsp3) is 0.452. The van der Waals surface area contributed by atoms with Gasteiger partial charge in [0.1, 0.15) is 6.61 Å². The molecule has 6 rings (SSSR count). The largest absolute Gasteiger partial charge is 1.00 e. The summed E-state index contributed by atoms with van der Waals surface area (Å²) in [5.74, 6) is -0.548. The molecule has 0 saturated carbocycles. The molecule has 2 aliphatic carbocycles. The van der Waals surface area contributed by atoms with Gasteiger partial charge in [0.05, 0.1) is 24.3 Å². The average Bonchev–Trinajstić information content (AvgIpc) is 3.73. The van der Waals surface area contributed by atoms with Crippen molar-refractivity contribution >= 4 is 27.9 Å². The minimum Gasteiger partial charge on any atom is -1.00 e. The van der Waals surface area contributed by atoms with E-state index in [0.717, 1.165) is 49.7 Å². The van der Waals surface area contributed by atoms with Crippen molar-refractivity contribution < 1.29 is 53.7 Å². The van der Waals surface area contributed by atoms with E-state index in [1.807, 2.05) is 30.3 Å². The van der Waals surface area contributed by atoms with E-state index in [4.69, 9.17) is 4.74 Å². The van der Waals surface area contributed by atoms with Crippen LogP contribution in [0.3, 0.4) is 0 Å². The van der Waals surface area contributed by atoms with E-state index in [-0.39, 0.29) is 50.6 Å². The standard InChI is InChI=1S/C31H37N5O5S.Na.H/c1-34-19-26(18-32-34)36(25-12-7-15-35(20-25)31(38)41-21-22-8-3-2-4-9-22)42(39,40)33-30(37)17-29-27-13-5-10-23(27)16-24-11-6-14-28(24)29;;/h2-4,8-9,16,18-19,25H,5-7,10-15,17,20-21H2,1H3,(H,33,37);;/q;+1;-1. The molecule has 1 N–H and O–H groups in total. The molecule has 1 unspecified atom stereocenters. The number of piperidine rings is 1. The number of carbonyl (C=O) groups is 2. The van der Waals surface area contributed by atoms with E-state index in [1.54, 1.807) is 13.2 Å². The van der Waals surface area contributed by atoms with E-state index in [9.17, 15) is 18.0 Å². The summed E-state index contributed by atoms with van der Waals surface area (Å²) in [6, 6.07) is 11.1. The summed E-state index contributed by atoms with van der Waals surface area (Å²) >= 11 is 0. The molecule has 43 heavy (non-hydrogen) atoms. The first-order valence-electron chi connectivity index (χ1n) is 14.7. The number of aryl methyl sites for hydroxylation is 3. The predicted molar refractivity (Wildman–Crippen MR) is 159 cm³/mol. The van der Waals surface area contributed by atoms with Crippen molar-refractivity contribution in [3.05, 3.63) is 82.2 Å². The molecule has 0 bridgehead atoms. The van der Waals surface area contributed by atoms with Crippen LogP contribution in [0.5, 0.6) is 0 Å². The second-order valence-corrected chi connectivity index (χ2v) is 13.0. The topological polar surface area (TPSA) is 114 Å². The van der Waals surface area contributed by atoms with Gasteiger partial charge in [-0.25, -0.2) is 13.8 Å². The average molecular weight is 616 g/mol. The fourth-order valence-electron chi connectivity index (χ4n) is 6.73. The van der Waals surface area contributed by atoms with Gasteiger partial charge >= 0.3 is 45.9 Å². The quantitative estimate of drug-likeness (QED) is 0.374. The van der Waals surface area contributed by atoms with Gasteiger partial charge in [-0.3, -0.25) is 9.48 Å². The zero-order chi connectivity index (χ0) is 29.3. The molecular weight excluding hydrogens is 577 g/mol. The Labute approximate surface area is 276 Å². The Morgan fingerprint density at radius 2 is 1.77 bits per heavy atom. The van der Waals surface area contributed by atoms with E-state index in [0.29, 0.717) is 25.1 Å². The van der Waals surface area contributed by atoms with E-state index in [2.05, 4.69) is 15.9 Å². The summed E-state index contributed by atoms with van der Waals surface area (Å²) in [6.07, 6.45) is 9.72. The molecule has 2 amide bonds. The molecule has 1 saturated heterocycles. The van der Waals surface area contributed by atoms with Crippen molar-refractivity contribution in [1.82, 2.24) is 19.4 Å². The molecule has 2 heterocycles. The maximum Gasteiger partial charge on any atom is 1.00 e. The Bertz CT molecular complexity index is 1570. The molecule has 3 aromatic rings. The molecule has 3 aliphatic rings. The van der Waals surface area contributed by atoms with Gasteiger partial charge in [-0.05, 0) is 84.7 Å². The number of aromatic nitrogens is 2. The van der Waals surface area contributed by atoms with Crippen LogP contribution in [0, 0.1) is 0 Å². The Morgan fingerprint density at radius 3 is 2.42 bits per heavy atom. The fourth-order valence-corrected chi connectivity index (χ4v) is 8.12. The Kier molecular flexibility index (Phi) is 9.85. The first-order valence-corrected chi connectivity index (χ1v) is 16.2. The molecule has 0 radical (unpaired) electrons. The van der Waals surface area contributed by atoms with Crippen LogP contribution < -0.4 is 38.6 Å². The third-order valence-electron chi connectivity index (χ3n) is 8.57. The summed E-state index contributed by atoms with van der Waals surface area (Å²) in [7, 11) is -2.61. The van der Waals surface area contributed by atoms with Crippen molar-refractivity contribution in [1.29, 1.82) is 0 Å². The van der Waals surface area contributed by atoms with E-state index >= 15 is 0 Å². The number of likely N-dealkylation sites (tertiary alicyclic amines) is 1. The molecule has 12 heteroatoms. The number of nitrogens with zero attached hydrogens (tertiary/aromatic N) is 4. The normalized spacial score (nSPS) is 17.5. The van der Waals surface area contributed by atoms with Gasteiger partial charge in [0.25, 0.3) is 0 Å². The SMILES string of the molecule is Cn1cc(N(C2CCCN(C(=O)OCc3ccccc3)C2)S(=O)(=O)NC(=O)Cc2c3c(cc4c2CCC4)CCC3)cn1.[H-].[Na+]. The van der Waals surface area contributed by atoms with Crippen molar-refractivity contribution in [2.75, 3.05) is 17.4 Å². The van der Waals surface area contributed by atoms with Crippen molar-refractivity contribution in [2.45, 2.75) is 70.4 Å². The summed E-state index contributed by atoms with van der Waals surface area (Å²) in [6.45, 7) is 0.730. The summed E-state index contributed by atoms with van der Waals surface area (Å²) in [5, 5.41) is 4.18. The summed E-state index contributed by atoms with van der Waals surface area (Å²) < 4.78 is 38.5. The van der Waals surface area contributed by atoms with E-state index in [1.165, 1.54) is 42.3 Å². The van der Waals surface area contributed by atoms with Gasteiger partial charge in [0.2, 0.25) is 5.91 Å². The smallest absolute Gasteiger partial charge is 1.00 e. The number of hydrogen-bond acceptors (Lipinski definition) is 6. The van der Waals surface area contributed by atoms with Crippen molar-refractivity contribution in [3.8, 4) is 0 Å². The zero-order valence-corrected chi connectivity index (χ0v) is 27.7. The third kappa shape index (κ3) is 6.95. The van der Waals surface area contributed by atoms with Crippen LogP contribution in [0.25, 0.3) is 0 Å². The van der Waals surface area contributed by atoms with E-state index < -0.39 is 28.3 Å². The second kappa shape index (κ2) is 13.4. The maximum absolute atomic E-state index is 13.9. The molecule has 1 aromatic heterocycles. The van der Waals surface area contributed by atoms with Crippen LogP contribution in [-0.4, -0.2) is 54.2 Å². The minimum atomic E-state index is -4.31. The zero-order valence-electron chi connectivity index (χ0n) is 25.9. The predicted octanol–water partition coefficient (Wildman–Crippen LogP) is 0.725. The molecule has 0 spiro atoms. The molecule has 224 valence electrons. The maximum atomic E-state index is 13.9. The molecule has 1 atom stereocenters. The van der Waals surface area contributed by atoms with Crippen LogP contribution in [0.1, 0.15) is 60.5 Å². The number of ether oxygens (including phenoxy) is 1. The van der Waals surface area contributed by atoms with Gasteiger partial charge in [-0.15, -0.1) is 0 Å². The minimum absolute atomic E-state index is 0. The number of carbonyl (C=O) groups excluding carboxylic acids is 2. The van der Waals surface area contributed by atoms with Gasteiger partial charge < -0.3 is 11.1 Å². The van der Waals surface area contributed by atoms with Gasteiger partial charge in [0, 0.05) is 26.3 Å². The van der Waals surface area contributed by atoms with Crippen LogP contribution in [0.2, 0.25) is 0 Å². The number of benzene rings is 2. The first kappa shape index (κ1) is 31.6. The van der Waals surface area contributed by atoms with Crippen LogP contribution in [-0.2, 0) is 65.5 Å². The van der Waals surface area contributed by atoms with Crippen LogP contribution in [0.15, 0.2) is 48.8 Å². The Balaban J connectivity index is 0.00000221. The number of rotatable bonds is 8. The second-order valence-electron chi connectivity index (χ2n) is 11.5. The number of anilines is 1. The van der Waals surface area contributed by atoms with Gasteiger partial charge in [0.15, 0.2) is 0 Å². The molecule has 1 fully saturated rings. The molecule has 2 aromatic carbocycles. The number of nitrogens with one attached hydrogen (secondary N) is 1. The monoisotopic (exact) mass is 615 g/mol. The molecule has 1 aliphatic heterocycles. The Morgan fingerprint density at radius 1 is 1.07 bits per heavy atom. The van der Waals surface area contributed by atoms with Crippen molar-refractivity contribution in [2.24, 2.45) is 7.05 Å². The molecule has 10 nitrogen and oxygen atoms in total. The van der Waals surface area contributed by atoms with Crippen molar-refractivity contribution in [3.63, 3.8) is 0 Å². The third-order valence-corrected chi connectivity index (χ3v) is 10.1. The summed E-state index contributed by atoms with van der Waals surface area (Å²) in [4.78, 5) is 27.9. The van der Waals surface area contributed by atoms with Crippen LogP contribution >= 0.6 is 0 Å². The van der Waals surface area contributed by atoms with Crippen LogP contribution in [0.4, 0.5) is 10.5 Å². The Hall–Kier alpha value is -2.86. The van der Waals surface area contributed by atoms with Gasteiger partial charge in [-0.1, -0.05) is 36.4 Å². The summed E-state index contributed by atoms with van der Waals surface area (Å²) in [5.41, 5.74) is 7.29. The number of fused-ring (bicyclic) bond motifs is 2. The number of hydrogen-bond donors (Lipinski definition) is 1. The van der Waals surface area contributed by atoms with Gasteiger partial charge in [-0.2, -0.15) is 13.5 Å². The number of amides is 2. The first-order chi connectivity index (χ1) is 20.3.